The van der Waals surface area contributed by atoms with Gasteiger partial charge in [0.05, 0.1) is 29.0 Å². The van der Waals surface area contributed by atoms with Gasteiger partial charge in [-0.3, -0.25) is 14.8 Å². The molecule has 4 rings (SSSR count). The number of nitrogens with one attached hydrogen (secondary N) is 1. The van der Waals surface area contributed by atoms with E-state index in [-0.39, 0.29) is 11.5 Å². The van der Waals surface area contributed by atoms with Crippen LogP contribution in [0.1, 0.15) is 36.2 Å². The third kappa shape index (κ3) is 4.72. The molecule has 0 fully saturated rings. The van der Waals surface area contributed by atoms with E-state index in [0.29, 0.717) is 41.8 Å². The molecule has 178 valence electrons. The van der Waals surface area contributed by atoms with Crippen molar-refractivity contribution in [2.45, 2.75) is 25.6 Å². The van der Waals surface area contributed by atoms with E-state index < -0.39 is 30.2 Å². The molecule has 0 aliphatic carbocycles. The molecule has 2 N–H and O–H groups in total. The number of aliphatic hydroxyl groups excluding tert-OH is 1. The highest BCUT2D eigenvalue weighted by Crippen LogP contribution is 2.35. The summed E-state index contributed by atoms with van der Waals surface area (Å²) in [6.45, 7) is 1.86. The van der Waals surface area contributed by atoms with Gasteiger partial charge in [-0.2, -0.15) is 13.2 Å². The molecule has 1 aliphatic rings. The number of rotatable bonds is 5. The summed E-state index contributed by atoms with van der Waals surface area (Å²) in [7, 11) is 0. The molecule has 34 heavy (non-hydrogen) atoms. The fourth-order valence-corrected chi connectivity index (χ4v) is 3.99. The van der Waals surface area contributed by atoms with Crippen LogP contribution in [0.25, 0.3) is 16.5 Å². The highest BCUT2D eigenvalue weighted by Gasteiger charge is 2.35. The van der Waals surface area contributed by atoms with Gasteiger partial charge in [-0.25, -0.2) is 4.39 Å². The Bertz CT molecular complexity index is 1260. The molecule has 1 aliphatic heterocycles. The van der Waals surface area contributed by atoms with Gasteiger partial charge >= 0.3 is 6.18 Å². The van der Waals surface area contributed by atoms with E-state index >= 15 is 0 Å². The van der Waals surface area contributed by atoms with Crippen LogP contribution < -0.4 is 5.32 Å². The second-order valence-corrected chi connectivity index (χ2v) is 8.00. The highest BCUT2D eigenvalue weighted by atomic mass is 19.4. The topological polar surface area (TPSA) is 78.4 Å². The summed E-state index contributed by atoms with van der Waals surface area (Å²) in [4.78, 5) is 22.0. The molecule has 6 nitrogen and oxygen atoms in total. The van der Waals surface area contributed by atoms with Gasteiger partial charge in [0.1, 0.15) is 12.4 Å². The van der Waals surface area contributed by atoms with Crippen LogP contribution in [0.2, 0.25) is 0 Å². The molecule has 3 heterocycles. The smallest absolute Gasteiger partial charge is 0.387 e. The van der Waals surface area contributed by atoms with Crippen LogP contribution in [0.4, 0.5) is 23.2 Å². The Morgan fingerprint density at radius 1 is 1.26 bits per heavy atom. The molecule has 0 saturated heterocycles. The Balaban J connectivity index is 1.63. The van der Waals surface area contributed by atoms with E-state index in [1.165, 1.54) is 12.1 Å². The minimum Gasteiger partial charge on any atom is -0.387 e. The number of hydrogen-bond donors (Lipinski definition) is 2. The van der Waals surface area contributed by atoms with Crippen molar-refractivity contribution in [3.63, 3.8) is 0 Å². The van der Waals surface area contributed by atoms with E-state index in [4.69, 9.17) is 5.11 Å². The number of pyridine rings is 2. The van der Waals surface area contributed by atoms with E-state index in [9.17, 15) is 22.4 Å². The normalized spacial score (nSPS) is 15.2. The molecule has 10 heteroatoms. The van der Waals surface area contributed by atoms with E-state index in [2.05, 4.69) is 15.3 Å². The Morgan fingerprint density at radius 3 is 2.74 bits per heavy atom. The summed E-state index contributed by atoms with van der Waals surface area (Å²) < 4.78 is 54.0. The van der Waals surface area contributed by atoms with E-state index in [0.717, 1.165) is 11.6 Å². The molecule has 0 spiro atoms. The standard InChI is InChI=1S/C24H22F4N4O2/c1-14(16-3-2-4-18(23(16)25)24(26,27)28)31-19-5-8-29-21-12-30-20(11-17(19)21)15-6-9-32(10-7-15)22(34)13-33/h2-6,8,11-12,14,33H,7,9-10,13H2,1H3,(H,29,31)/t14-/m1/s1. The first-order chi connectivity index (χ1) is 16.2. The predicted molar refractivity (Wildman–Crippen MR) is 119 cm³/mol. The second kappa shape index (κ2) is 9.38. The van der Waals surface area contributed by atoms with Gasteiger partial charge < -0.3 is 15.3 Å². The number of aliphatic hydroxyl groups is 1. The lowest BCUT2D eigenvalue weighted by Gasteiger charge is -2.25. The number of alkyl halides is 3. The zero-order chi connectivity index (χ0) is 24.5. The third-order valence-electron chi connectivity index (χ3n) is 5.83. The molecule has 0 saturated carbocycles. The van der Waals surface area contributed by atoms with E-state index in [1.54, 1.807) is 30.3 Å². The summed E-state index contributed by atoms with van der Waals surface area (Å²) in [5, 5.41) is 12.8. The van der Waals surface area contributed by atoms with Crippen LogP contribution >= 0.6 is 0 Å². The maximum Gasteiger partial charge on any atom is 0.419 e. The number of amides is 1. The Hall–Kier alpha value is -3.53. The number of halogens is 4. The van der Waals surface area contributed by atoms with Crippen molar-refractivity contribution in [3.05, 3.63) is 71.4 Å². The molecule has 0 radical (unpaired) electrons. The first kappa shape index (κ1) is 23.6. The van der Waals surface area contributed by atoms with Crippen molar-refractivity contribution >= 4 is 28.1 Å². The number of carbonyl (C=O) groups is 1. The van der Waals surface area contributed by atoms with Crippen LogP contribution in [0, 0.1) is 5.82 Å². The fraction of sp³-hybridized carbons (Fsp3) is 0.292. The maximum atomic E-state index is 14.6. The minimum absolute atomic E-state index is 0.0994. The van der Waals surface area contributed by atoms with Gasteiger partial charge in [0.15, 0.2) is 0 Å². The third-order valence-corrected chi connectivity index (χ3v) is 5.83. The average molecular weight is 474 g/mol. The Labute approximate surface area is 192 Å². The van der Waals surface area contributed by atoms with Crippen molar-refractivity contribution in [2.24, 2.45) is 0 Å². The lowest BCUT2D eigenvalue weighted by molar-refractivity contribution is -0.140. The number of benzene rings is 1. The van der Waals surface area contributed by atoms with Crippen molar-refractivity contribution in [2.75, 3.05) is 25.0 Å². The first-order valence-corrected chi connectivity index (χ1v) is 10.6. The molecule has 3 aromatic rings. The Kier molecular flexibility index (Phi) is 6.52. The van der Waals surface area contributed by atoms with Gasteiger partial charge in [0.25, 0.3) is 0 Å². The molecule has 0 unspecified atom stereocenters. The SMILES string of the molecule is C[C@@H](Nc1ccnc2cnc(C3=CCN(C(=O)CO)CC3)cc12)c1cccc(C(F)(F)F)c1F. The lowest BCUT2D eigenvalue weighted by atomic mass is 10.0. The molecule has 1 amide bonds. The number of anilines is 1. The van der Waals surface area contributed by atoms with E-state index in [1.807, 2.05) is 12.1 Å². The summed E-state index contributed by atoms with van der Waals surface area (Å²) in [5.41, 5.74) is 1.35. The molecule has 1 aromatic carbocycles. The fourth-order valence-electron chi connectivity index (χ4n) is 3.99. The van der Waals surface area contributed by atoms with Gasteiger partial charge in [-0.15, -0.1) is 0 Å². The monoisotopic (exact) mass is 474 g/mol. The predicted octanol–water partition coefficient (Wildman–Crippen LogP) is 4.57. The zero-order valence-corrected chi connectivity index (χ0v) is 18.2. The molecule has 1 atom stereocenters. The van der Waals surface area contributed by atoms with Crippen LogP contribution in [0.15, 0.2) is 48.8 Å². The average Bonchev–Trinajstić information content (AvgIpc) is 2.83. The molecule has 0 bridgehead atoms. The largest absolute Gasteiger partial charge is 0.419 e. The van der Waals surface area contributed by atoms with Crippen LogP contribution in [-0.4, -0.2) is 45.6 Å². The van der Waals surface area contributed by atoms with Crippen molar-refractivity contribution in [3.8, 4) is 0 Å². The van der Waals surface area contributed by atoms with Gasteiger partial charge in [-0.05, 0) is 37.1 Å². The summed E-state index contributed by atoms with van der Waals surface area (Å²) >= 11 is 0. The minimum atomic E-state index is -4.78. The van der Waals surface area contributed by atoms with Gasteiger partial charge in [0.2, 0.25) is 5.91 Å². The molecular formula is C24H22F4N4O2. The highest BCUT2D eigenvalue weighted by molar-refractivity contribution is 5.92. The molecule has 2 aromatic heterocycles. The number of carbonyl (C=O) groups excluding carboxylic acids is 1. The maximum absolute atomic E-state index is 14.6. The second-order valence-electron chi connectivity index (χ2n) is 8.00. The molecular weight excluding hydrogens is 452 g/mol. The summed E-state index contributed by atoms with van der Waals surface area (Å²) in [5.74, 6) is -1.64. The zero-order valence-electron chi connectivity index (χ0n) is 18.2. The van der Waals surface area contributed by atoms with Crippen LogP contribution in [-0.2, 0) is 11.0 Å². The number of nitrogens with zero attached hydrogens (tertiary/aromatic N) is 3. The Morgan fingerprint density at radius 2 is 2.06 bits per heavy atom. The van der Waals surface area contributed by atoms with Gasteiger partial charge in [-0.1, -0.05) is 18.2 Å². The van der Waals surface area contributed by atoms with Crippen molar-refractivity contribution < 1.29 is 27.5 Å². The van der Waals surface area contributed by atoms with Gasteiger partial charge in [0, 0.05) is 35.9 Å². The van der Waals surface area contributed by atoms with Crippen LogP contribution in [0.5, 0.6) is 0 Å². The summed E-state index contributed by atoms with van der Waals surface area (Å²) in [6.07, 6.45) is 0.778. The number of aromatic nitrogens is 2. The lowest BCUT2D eigenvalue weighted by Crippen LogP contribution is -2.36. The quantitative estimate of drug-likeness (QED) is 0.530. The first-order valence-electron chi connectivity index (χ1n) is 10.6. The van der Waals surface area contributed by atoms with Crippen molar-refractivity contribution in [1.29, 1.82) is 0 Å². The number of hydrogen-bond acceptors (Lipinski definition) is 5. The van der Waals surface area contributed by atoms with Crippen LogP contribution in [0.3, 0.4) is 0 Å². The number of fused-ring (bicyclic) bond motifs is 1. The summed E-state index contributed by atoms with van der Waals surface area (Å²) in [6, 6.07) is 5.97. The van der Waals surface area contributed by atoms with Crippen molar-refractivity contribution in [1.82, 2.24) is 14.9 Å².